The SMILES string of the molecule is COc1cc2c(cc1OC)C(c1cccs1)N(C(=O)c1ccc(N3C(=O)CCC3=O)cc1)CC2. The van der Waals surface area contributed by atoms with Crippen molar-refractivity contribution in [1.29, 1.82) is 0 Å². The summed E-state index contributed by atoms with van der Waals surface area (Å²) < 4.78 is 11.0. The normalized spacial score (nSPS) is 17.6. The highest BCUT2D eigenvalue weighted by atomic mass is 32.1. The van der Waals surface area contributed by atoms with Crippen LogP contribution >= 0.6 is 11.3 Å². The Kier molecular flexibility index (Phi) is 5.83. The zero-order valence-electron chi connectivity index (χ0n) is 18.9. The van der Waals surface area contributed by atoms with Gasteiger partial charge in [-0.15, -0.1) is 11.3 Å². The van der Waals surface area contributed by atoms with Gasteiger partial charge >= 0.3 is 0 Å². The van der Waals surface area contributed by atoms with Gasteiger partial charge < -0.3 is 14.4 Å². The number of thiophene rings is 1. The molecule has 0 radical (unpaired) electrons. The number of hydrogen-bond donors (Lipinski definition) is 0. The number of imide groups is 1. The van der Waals surface area contributed by atoms with Gasteiger partial charge in [0, 0.05) is 29.8 Å². The fourth-order valence-corrected chi connectivity index (χ4v) is 5.56. The molecule has 5 rings (SSSR count). The lowest BCUT2D eigenvalue weighted by Crippen LogP contribution is -2.40. The number of fused-ring (bicyclic) bond motifs is 1. The van der Waals surface area contributed by atoms with Crippen LogP contribution < -0.4 is 14.4 Å². The topological polar surface area (TPSA) is 76.2 Å². The van der Waals surface area contributed by atoms with Crippen molar-refractivity contribution in [2.24, 2.45) is 0 Å². The molecule has 1 fully saturated rings. The lowest BCUT2D eigenvalue weighted by molar-refractivity contribution is -0.121. The number of nitrogens with zero attached hydrogens (tertiary/aromatic N) is 2. The Labute approximate surface area is 201 Å². The summed E-state index contributed by atoms with van der Waals surface area (Å²) in [6, 6.07) is 14.4. The van der Waals surface area contributed by atoms with E-state index < -0.39 is 0 Å². The zero-order chi connectivity index (χ0) is 23.8. The van der Waals surface area contributed by atoms with E-state index in [0.29, 0.717) is 35.7 Å². The molecular formula is C26H24N2O5S. The Morgan fingerprint density at radius 1 is 0.941 bits per heavy atom. The van der Waals surface area contributed by atoms with Crippen LogP contribution in [-0.2, 0) is 16.0 Å². The summed E-state index contributed by atoms with van der Waals surface area (Å²) in [6.45, 7) is 0.550. The smallest absolute Gasteiger partial charge is 0.254 e. The third-order valence-corrected chi connectivity index (χ3v) is 7.30. The summed E-state index contributed by atoms with van der Waals surface area (Å²) >= 11 is 1.60. The second-order valence-electron chi connectivity index (χ2n) is 8.24. The van der Waals surface area contributed by atoms with E-state index in [2.05, 4.69) is 0 Å². The molecule has 2 aromatic carbocycles. The number of anilines is 1. The highest BCUT2D eigenvalue weighted by Gasteiger charge is 2.35. The van der Waals surface area contributed by atoms with E-state index in [4.69, 9.17) is 9.47 Å². The molecule has 3 aromatic rings. The van der Waals surface area contributed by atoms with E-state index >= 15 is 0 Å². The predicted molar refractivity (Wildman–Crippen MR) is 129 cm³/mol. The molecule has 2 aliphatic rings. The first-order valence-electron chi connectivity index (χ1n) is 11.1. The molecule has 3 heterocycles. The largest absolute Gasteiger partial charge is 0.493 e. The Morgan fingerprint density at radius 3 is 2.24 bits per heavy atom. The first-order chi connectivity index (χ1) is 16.5. The molecule has 0 spiro atoms. The maximum absolute atomic E-state index is 13.7. The van der Waals surface area contributed by atoms with Gasteiger partial charge in [-0.05, 0) is 65.4 Å². The van der Waals surface area contributed by atoms with Gasteiger partial charge in [0.1, 0.15) is 0 Å². The third-order valence-electron chi connectivity index (χ3n) is 6.37. The Morgan fingerprint density at radius 2 is 1.62 bits per heavy atom. The molecule has 2 aliphatic heterocycles. The number of ether oxygens (including phenoxy) is 2. The Balaban J connectivity index is 1.50. The lowest BCUT2D eigenvalue weighted by atomic mass is 9.90. The van der Waals surface area contributed by atoms with E-state index in [-0.39, 0.29) is 36.6 Å². The van der Waals surface area contributed by atoms with E-state index in [9.17, 15) is 14.4 Å². The first kappa shape index (κ1) is 22.2. The van der Waals surface area contributed by atoms with Crippen LogP contribution in [0.5, 0.6) is 11.5 Å². The molecule has 1 atom stereocenters. The molecule has 34 heavy (non-hydrogen) atoms. The molecule has 1 aromatic heterocycles. The minimum Gasteiger partial charge on any atom is -0.493 e. The van der Waals surface area contributed by atoms with Gasteiger partial charge in [-0.3, -0.25) is 19.3 Å². The van der Waals surface area contributed by atoms with Crippen molar-refractivity contribution in [3.8, 4) is 11.5 Å². The number of carbonyl (C=O) groups is 3. The van der Waals surface area contributed by atoms with Gasteiger partial charge in [-0.2, -0.15) is 0 Å². The van der Waals surface area contributed by atoms with Crippen molar-refractivity contribution in [3.63, 3.8) is 0 Å². The van der Waals surface area contributed by atoms with Crippen LogP contribution in [0.4, 0.5) is 5.69 Å². The fraction of sp³-hybridized carbons (Fsp3) is 0.269. The zero-order valence-corrected chi connectivity index (χ0v) is 19.8. The molecule has 8 heteroatoms. The molecule has 0 aliphatic carbocycles. The third kappa shape index (κ3) is 3.74. The van der Waals surface area contributed by atoms with Crippen LogP contribution in [0.3, 0.4) is 0 Å². The molecule has 0 saturated carbocycles. The van der Waals surface area contributed by atoms with Gasteiger partial charge in [0.05, 0.1) is 25.9 Å². The number of hydrogen-bond acceptors (Lipinski definition) is 6. The molecule has 7 nitrogen and oxygen atoms in total. The Bertz CT molecular complexity index is 1240. The van der Waals surface area contributed by atoms with Gasteiger partial charge in [0.2, 0.25) is 11.8 Å². The summed E-state index contributed by atoms with van der Waals surface area (Å²) in [5.41, 5.74) is 3.15. The summed E-state index contributed by atoms with van der Waals surface area (Å²) in [5.74, 6) is 0.774. The first-order valence-corrected chi connectivity index (χ1v) is 11.9. The van der Waals surface area contributed by atoms with Crippen LogP contribution in [-0.4, -0.2) is 43.4 Å². The number of methoxy groups -OCH3 is 2. The molecule has 3 amide bonds. The van der Waals surface area contributed by atoms with Crippen molar-refractivity contribution in [2.75, 3.05) is 25.7 Å². The van der Waals surface area contributed by atoms with Crippen molar-refractivity contribution < 1.29 is 23.9 Å². The second kappa shape index (κ2) is 8.95. The van der Waals surface area contributed by atoms with Crippen LogP contribution in [0.2, 0.25) is 0 Å². The maximum Gasteiger partial charge on any atom is 0.254 e. The molecule has 1 saturated heterocycles. The highest BCUT2D eigenvalue weighted by Crippen LogP contribution is 2.42. The predicted octanol–water partition coefficient (Wildman–Crippen LogP) is 4.21. The van der Waals surface area contributed by atoms with Crippen LogP contribution in [0.1, 0.15) is 45.2 Å². The number of benzene rings is 2. The second-order valence-corrected chi connectivity index (χ2v) is 9.22. The van der Waals surface area contributed by atoms with Gasteiger partial charge in [0.25, 0.3) is 5.91 Å². The monoisotopic (exact) mass is 476 g/mol. The average molecular weight is 477 g/mol. The van der Waals surface area contributed by atoms with Gasteiger partial charge in [0.15, 0.2) is 11.5 Å². The summed E-state index contributed by atoms with van der Waals surface area (Å²) in [5, 5.41) is 2.01. The van der Waals surface area contributed by atoms with Crippen molar-refractivity contribution in [3.05, 3.63) is 75.5 Å². The number of rotatable bonds is 5. The van der Waals surface area contributed by atoms with Crippen LogP contribution in [0.15, 0.2) is 53.9 Å². The average Bonchev–Trinajstić information content (AvgIpc) is 3.51. The van der Waals surface area contributed by atoms with E-state index in [1.807, 2.05) is 34.5 Å². The molecule has 0 N–H and O–H groups in total. The fourth-order valence-electron chi connectivity index (χ4n) is 4.70. The minimum atomic E-state index is -0.252. The highest BCUT2D eigenvalue weighted by molar-refractivity contribution is 7.10. The molecule has 1 unspecified atom stereocenters. The van der Waals surface area contributed by atoms with Crippen molar-refractivity contribution in [2.45, 2.75) is 25.3 Å². The minimum absolute atomic E-state index is 0.107. The van der Waals surface area contributed by atoms with E-state index in [1.165, 1.54) is 4.90 Å². The van der Waals surface area contributed by atoms with Gasteiger partial charge in [-0.25, -0.2) is 0 Å². The van der Waals surface area contributed by atoms with E-state index in [1.54, 1.807) is 49.8 Å². The Hall–Kier alpha value is -3.65. The molecular weight excluding hydrogens is 452 g/mol. The lowest BCUT2D eigenvalue weighted by Gasteiger charge is -2.37. The molecule has 0 bridgehead atoms. The number of carbonyl (C=O) groups excluding carboxylic acids is 3. The standard InChI is InChI=1S/C26H24N2O5S/c1-32-20-14-17-11-12-27(25(22-4-3-13-34-22)19(17)15-21(20)33-2)26(31)16-5-7-18(8-6-16)28-23(29)9-10-24(28)30/h3-8,13-15,25H,9-12H2,1-2H3. The quantitative estimate of drug-likeness (QED) is 0.516. The van der Waals surface area contributed by atoms with Crippen LogP contribution in [0.25, 0.3) is 0 Å². The van der Waals surface area contributed by atoms with Crippen molar-refractivity contribution >= 4 is 34.7 Å². The van der Waals surface area contributed by atoms with Crippen LogP contribution in [0, 0.1) is 0 Å². The van der Waals surface area contributed by atoms with E-state index in [0.717, 1.165) is 16.0 Å². The maximum atomic E-state index is 13.7. The van der Waals surface area contributed by atoms with Gasteiger partial charge in [-0.1, -0.05) is 6.07 Å². The molecule has 174 valence electrons. The number of amides is 3. The summed E-state index contributed by atoms with van der Waals surface area (Å²) in [7, 11) is 3.22. The summed E-state index contributed by atoms with van der Waals surface area (Å²) in [4.78, 5) is 41.9. The van der Waals surface area contributed by atoms with Crippen molar-refractivity contribution in [1.82, 2.24) is 4.90 Å². The summed E-state index contributed by atoms with van der Waals surface area (Å²) in [6.07, 6.45) is 1.14.